The molecule has 0 bridgehead atoms. The number of nitrogen functional groups attached to an aromatic ring is 1. The number of amides is 1. The number of rotatable bonds is 2. The summed E-state index contributed by atoms with van der Waals surface area (Å²) in [5.41, 5.74) is 9.63. The number of hydrogen-bond donors (Lipinski definition) is 1. The van der Waals surface area contributed by atoms with Crippen molar-refractivity contribution in [3.05, 3.63) is 58.1 Å². The van der Waals surface area contributed by atoms with E-state index in [1.165, 1.54) is 0 Å². The predicted octanol–water partition coefficient (Wildman–Crippen LogP) is 3.82. The summed E-state index contributed by atoms with van der Waals surface area (Å²) in [6.07, 6.45) is 0. The highest BCUT2D eigenvalue weighted by molar-refractivity contribution is 6.35. The quantitative estimate of drug-likeness (QED) is 0.854. The Balaban J connectivity index is 2.42. The molecule has 1 amide bonds. The van der Waals surface area contributed by atoms with E-state index in [4.69, 9.17) is 17.3 Å². The largest absolute Gasteiger partial charge is 0.398 e. The van der Waals surface area contributed by atoms with Gasteiger partial charge >= 0.3 is 0 Å². The van der Waals surface area contributed by atoms with Gasteiger partial charge in [-0.25, -0.2) is 0 Å². The summed E-state index contributed by atoms with van der Waals surface area (Å²) in [4.78, 5) is 14.1. The molecule has 0 atom stereocenters. The van der Waals surface area contributed by atoms with Gasteiger partial charge in [-0.1, -0.05) is 23.7 Å². The normalized spacial score (nSPS) is 10.4. The summed E-state index contributed by atoms with van der Waals surface area (Å²) >= 11 is 6.09. The maximum absolute atomic E-state index is 12.6. The van der Waals surface area contributed by atoms with E-state index in [9.17, 15) is 4.79 Å². The van der Waals surface area contributed by atoms with Gasteiger partial charge in [-0.05, 0) is 49.2 Å². The minimum Gasteiger partial charge on any atom is -0.398 e. The van der Waals surface area contributed by atoms with Gasteiger partial charge in [0.15, 0.2) is 0 Å². The summed E-state index contributed by atoms with van der Waals surface area (Å²) in [5.74, 6) is -0.210. The number of nitrogens with zero attached hydrogens (tertiary/aromatic N) is 1. The van der Waals surface area contributed by atoms with Crippen molar-refractivity contribution in [1.82, 2.24) is 0 Å². The van der Waals surface area contributed by atoms with Crippen molar-refractivity contribution in [2.24, 2.45) is 0 Å². The number of nitrogens with two attached hydrogens (primary N) is 1. The van der Waals surface area contributed by atoms with Crippen molar-refractivity contribution in [2.45, 2.75) is 13.8 Å². The van der Waals surface area contributed by atoms with Crippen LogP contribution >= 0.6 is 11.6 Å². The molecule has 0 aromatic heterocycles. The summed E-state index contributed by atoms with van der Waals surface area (Å²) < 4.78 is 0. The lowest BCUT2D eigenvalue weighted by Crippen LogP contribution is -2.27. The van der Waals surface area contributed by atoms with E-state index in [2.05, 4.69) is 6.07 Å². The maximum Gasteiger partial charge on any atom is 0.261 e. The topological polar surface area (TPSA) is 46.3 Å². The molecule has 2 rings (SSSR count). The first-order chi connectivity index (χ1) is 9.40. The number of anilines is 2. The van der Waals surface area contributed by atoms with Gasteiger partial charge in [0.05, 0.1) is 10.6 Å². The van der Waals surface area contributed by atoms with E-state index in [1.54, 1.807) is 30.1 Å². The van der Waals surface area contributed by atoms with Gasteiger partial charge in [0.2, 0.25) is 0 Å². The minimum atomic E-state index is -0.210. The zero-order chi connectivity index (χ0) is 14.9. The van der Waals surface area contributed by atoms with Crippen molar-refractivity contribution in [1.29, 1.82) is 0 Å². The first-order valence-electron chi connectivity index (χ1n) is 6.30. The molecule has 0 aliphatic rings. The maximum atomic E-state index is 12.6. The van der Waals surface area contributed by atoms with Gasteiger partial charge in [-0.15, -0.1) is 0 Å². The van der Waals surface area contributed by atoms with Crippen molar-refractivity contribution in [2.75, 3.05) is 17.7 Å². The average Bonchev–Trinajstić information content (AvgIpc) is 2.36. The lowest BCUT2D eigenvalue weighted by molar-refractivity contribution is 0.0994. The van der Waals surface area contributed by atoms with Crippen LogP contribution in [0.25, 0.3) is 0 Å². The molecule has 104 valence electrons. The first kappa shape index (κ1) is 14.4. The fourth-order valence-electron chi connectivity index (χ4n) is 2.20. The monoisotopic (exact) mass is 288 g/mol. The Bertz CT molecular complexity index is 627. The summed E-state index contributed by atoms with van der Waals surface area (Å²) in [5, 5.41) is 0.367. The number of halogens is 1. The van der Waals surface area contributed by atoms with Crippen molar-refractivity contribution >= 4 is 28.9 Å². The number of aryl methyl sites for hydroxylation is 2. The molecule has 0 aliphatic heterocycles. The zero-order valence-corrected chi connectivity index (χ0v) is 12.5. The third kappa shape index (κ3) is 2.78. The number of hydrogen-bond acceptors (Lipinski definition) is 2. The summed E-state index contributed by atoms with van der Waals surface area (Å²) in [6.45, 7) is 4.00. The highest BCUT2D eigenvalue weighted by Gasteiger charge is 2.19. The SMILES string of the molecule is Cc1cc(C)cc(N(C)C(=O)c2c(N)cccc2Cl)c1. The smallest absolute Gasteiger partial charge is 0.261 e. The average molecular weight is 289 g/mol. The Hall–Kier alpha value is -2.00. The second-order valence-corrected chi connectivity index (χ2v) is 5.32. The third-order valence-electron chi connectivity index (χ3n) is 3.16. The number of benzene rings is 2. The van der Waals surface area contributed by atoms with Crippen LogP contribution in [0.4, 0.5) is 11.4 Å². The Labute approximate surface area is 124 Å². The molecule has 0 heterocycles. The first-order valence-corrected chi connectivity index (χ1v) is 6.68. The van der Waals surface area contributed by atoms with Crippen LogP contribution < -0.4 is 10.6 Å². The van der Waals surface area contributed by atoms with Crippen LogP contribution in [0.1, 0.15) is 21.5 Å². The van der Waals surface area contributed by atoms with Gasteiger partial charge in [0, 0.05) is 18.4 Å². The third-order valence-corrected chi connectivity index (χ3v) is 3.47. The van der Waals surface area contributed by atoms with Gasteiger partial charge in [-0.3, -0.25) is 4.79 Å². The van der Waals surface area contributed by atoms with Crippen molar-refractivity contribution in [3.63, 3.8) is 0 Å². The molecule has 2 aromatic rings. The fourth-order valence-corrected chi connectivity index (χ4v) is 2.46. The van der Waals surface area contributed by atoms with E-state index < -0.39 is 0 Å². The van der Waals surface area contributed by atoms with Crippen LogP contribution in [-0.4, -0.2) is 13.0 Å². The molecule has 0 spiro atoms. The molecule has 2 N–H and O–H groups in total. The molecular formula is C16H17ClN2O. The second kappa shape index (κ2) is 5.55. The van der Waals surface area contributed by atoms with Gasteiger partial charge in [0.25, 0.3) is 5.91 Å². The van der Waals surface area contributed by atoms with Crippen LogP contribution in [-0.2, 0) is 0 Å². The Morgan fingerprint density at radius 3 is 2.30 bits per heavy atom. The standard InChI is InChI=1S/C16H17ClN2O/c1-10-7-11(2)9-12(8-10)19(3)16(20)15-13(17)5-4-6-14(15)18/h4-9H,18H2,1-3H3. The highest BCUT2D eigenvalue weighted by atomic mass is 35.5. The molecule has 2 aromatic carbocycles. The molecule has 0 fully saturated rings. The molecule has 0 radical (unpaired) electrons. The molecule has 0 aliphatic carbocycles. The molecule has 0 saturated carbocycles. The molecule has 3 nitrogen and oxygen atoms in total. The predicted molar refractivity (Wildman–Crippen MR) is 84.5 cm³/mol. The summed E-state index contributed by atoms with van der Waals surface area (Å²) in [7, 11) is 1.72. The molecule has 0 saturated heterocycles. The van der Waals surface area contributed by atoms with Gasteiger partial charge < -0.3 is 10.6 Å². The number of carbonyl (C=O) groups is 1. The molecule has 0 unspecified atom stereocenters. The van der Waals surface area contributed by atoms with Crippen molar-refractivity contribution < 1.29 is 4.79 Å². The Kier molecular flexibility index (Phi) is 4.00. The highest BCUT2D eigenvalue weighted by Crippen LogP contribution is 2.26. The van der Waals surface area contributed by atoms with Gasteiger partial charge in [-0.2, -0.15) is 0 Å². The Morgan fingerprint density at radius 2 is 1.75 bits per heavy atom. The van der Waals surface area contributed by atoms with Crippen molar-refractivity contribution in [3.8, 4) is 0 Å². The van der Waals surface area contributed by atoms with E-state index in [-0.39, 0.29) is 5.91 Å². The minimum absolute atomic E-state index is 0.210. The van der Waals surface area contributed by atoms with E-state index in [1.807, 2.05) is 26.0 Å². The molecule has 20 heavy (non-hydrogen) atoms. The van der Waals surface area contributed by atoms with Crippen LogP contribution in [0.2, 0.25) is 5.02 Å². The van der Waals surface area contributed by atoms with Crippen LogP contribution in [0.5, 0.6) is 0 Å². The fraction of sp³-hybridized carbons (Fsp3) is 0.188. The van der Waals surface area contributed by atoms with Gasteiger partial charge in [0.1, 0.15) is 0 Å². The summed E-state index contributed by atoms with van der Waals surface area (Å²) in [6, 6.07) is 11.0. The zero-order valence-electron chi connectivity index (χ0n) is 11.8. The van der Waals surface area contributed by atoms with E-state index in [0.717, 1.165) is 16.8 Å². The lowest BCUT2D eigenvalue weighted by atomic mass is 10.1. The number of carbonyl (C=O) groups excluding carboxylic acids is 1. The van der Waals surface area contributed by atoms with E-state index in [0.29, 0.717) is 16.3 Å². The molecule has 4 heteroatoms. The van der Waals surface area contributed by atoms with Crippen LogP contribution in [0, 0.1) is 13.8 Å². The molecular weight excluding hydrogens is 272 g/mol. The second-order valence-electron chi connectivity index (χ2n) is 4.91. The lowest BCUT2D eigenvalue weighted by Gasteiger charge is -2.20. The van der Waals surface area contributed by atoms with Crippen LogP contribution in [0.3, 0.4) is 0 Å². The van der Waals surface area contributed by atoms with Crippen LogP contribution in [0.15, 0.2) is 36.4 Å². The van der Waals surface area contributed by atoms with E-state index >= 15 is 0 Å². The Morgan fingerprint density at radius 1 is 1.15 bits per heavy atom.